The molecule has 4 aliphatic rings. The summed E-state index contributed by atoms with van der Waals surface area (Å²) in [4.78, 5) is 18.2. The first-order valence-electron chi connectivity index (χ1n) is 7.77. The summed E-state index contributed by atoms with van der Waals surface area (Å²) >= 11 is 0. The van der Waals surface area contributed by atoms with E-state index in [1.165, 1.54) is 30.5 Å². The molecule has 0 aromatic carbocycles. The maximum Gasteiger partial charge on any atom is 0.128 e. The molecule has 104 valence electrons. The number of carbonyl (C=O) groups excluding carboxylic acids is 1. The minimum Gasteiger partial charge on any atom is -0.323 e. The highest BCUT2D eigenvalue weighted by Crippen LogP contribution is 2.49. The molecule has 0 aromatic rings. The van der Waals surface area contributed by atoms with Gasteiger partial charge in [0.2, 0.25) is 0 Å². The Morgan fingerprint density at radius 3 is 3.05 bits per heavy atom. The van der Waals surface area contributed by atoms with Crippen molar-refractivity contribution >= 4 is 12.5 Å². The lowest BCUT2D eigenvalue weighted by Crippen LogP contribution is -2.30. The minimum absolute atomic E-state index is 0.0822. The molecule has 0 aromatic heterocycles. The Labute approximate surface area is 119 Å². The molecule has 20 heavy (non-hydrogen) atoms. The number of hydrogen-bond acceptors (Lipinski definition) is 3. The van der Waals surface area contributed by atoms with Crippen molar-refractivity contribution < 1.29 is 4.79 Å². The molecule has 0 bridgehead atoms. The van der Waals surface area contributed by atoms with Crippen LogP contribution in [0.25, 0.3) is 0 Å². The summed E-state index contributed by atoms with van der Waals surface area (Å²) in [7, 11) is 0. The normalized spacial score (nSPS) is 35.1. The third-order valence-electron chi connectivity index (χ3n) is 5.07. The monoisotopic (exact) mass is 268 g/mol. The van der Waals surface area contributed by atoms with Crippen molar-refractivity contribution in [1.29, 1.82) is 0 Å². The Hall–Kier alpha value is -1.64. The quantitative estimate of drug-likeness (QED) is 0.720. The van der Waals surface area contributed by atoms with Gasteiger partial charge in [-0.2, -0.15) is 0 Å². The number of carbonyl (C=O) groups is 1. The average Bonchev–Trinajstić information content (AvgIpc) is 3.08. The highest BCUT2D eigenvalue weighted by atomic mass is 16.1. The highest BCUT2D eigenvalue weighted by Gasteiger charge is 2.44. The van der Waals surface area contributed by atoms with E-state index < -0.39 is 0 Å². The summed E-state index contributed by atoms with van der Waals surface area (Å²) in [5.74, 6) is 1.86. The fraction of sp³-hybridized carbons (Fsp3) is 0.529. The second-order valence-electron chi connectivity index (χ2n) is 6.20. The van der Waals surface area contributed by atoms with Gasteiger partial charge in [-0.05, 0) is 49.8 Å². The van der Waals surface area contributed by atoms with Gasteiger partial charge in [0.1, 0.15) is 12.1 Å². The SMILES string of the molecule is O=CC1C=CC2=C(C1)C1CCCC1N2C1=CCCC=N1. The number of rotatable bonds is 2. The Kier molecular flexibility index (Phi) is 2.86. The van der Waals surface area contributed by atoms with Gasteiger partial charge in [-0.15, -0.1) is 0 Å². The molecule has 1 saturated carbocycles. The number of aldehydes is 1. The van der Waals surface area contributed by atoms with E-state index in [0.717, 1.165) is 31.4 Å². The molecule has 2 aliphatic carbocycles. The van der Waals surface area contributed by atoms with Gasteiger partial charge in [-0.1, -0.05) is 12.5 Å². The first-order valence-corrected chi connectivity index (χ1v) is 7.77. The van der Waals surface area contributed by atoms with Crippen molar-refractivity contribution in [1.82, 2.24) is 4.90 Å². The lowest BCUT2D eigenvalue weighted by atomic mass is 9.86. The zero-order chi connectivity index (χ0) is 13.5. The zero-order valence-electron chi connectivity index (χ0n) is 11.7. The van der Waals surface area contributed by atoms with E-state index in [1.807, 2.05) is 6.21 Å². The molecular formula is C17H20N2O. The fourth-order valence-electron chi connectivity index (χ4n) is 4.20. The van der Waals surface area contributed by atoms with Crippen LogP contribution in [0.3, 0.4) is 0 Å². The molecule has 0 N–H and O–H groups in total. The van der Waals surface area contributed by atoms with Crippen molar-refractivity contribution in [3.8, 4) is 0 Å². The summed E-state index contributed by atoms with van der Waals surface area (Å²) in [5.41, 5.74) is 2.84. The van der Waals surface area contributed by atoms with Crippen LogP contribution in [0.5, 0.6) is 0 Å². The molecule has 0 saturated heterocycles. The summed E-state index contributed by atoms with van der Waals surface area (Å²) in [6.45, 7) is 0. The first kappa shape index (κ1) is 12.1. The standard InChI is InChI=1S/C17H20N2O/c20-11-12-7-8-16-14(10-12)13-4-3-5-15(13)19(16)17-6-1-2-9-18-17/h6-9,11-13,15H,1-5,10H2. The average molecular weight is 268 g/mol. The molecule has 3 nitrogen and oxygen atoms in total. The van der Waals surface area contributed by atoms with Gasteiger partial charge in [0.25, 0.3) is 0 Å². The maximum atomic E-state index is 11.1. The Morgan fingerprint density at radius 1 is 1.30 bits per heavy atom. The third-order valence-corrected chi connectivity index (χ3v) is 5.07. The molecule has 0 spiro atoms. The van der Waals surface area contributed by atoms with Crippen LogP contribution in [0, 0.1) is 11.8 Å². The molecule has 3 heteroatoms. The zero-order valence-corrected chi connectivity index (χ0v) is 11.7. The molecular weight excluding hydrogens is 248 g/mol. The van der Waals surface area contributed by atoms with Crippen LogP contribution >= 0.6 is 0 Å². The van der Waals surface area contributed by atoms with Gasteiger partial charge < -0.3 is 9.69 Å². The fourth-order valence-corrected chi connectivity index (χ4v) is 4.20. The van der Waals surface area contributed by atoms with Gasteiger partial charge in [0.15, 0.2) is 0 Å². The van der Waals surface area contributed by atoms with Gasteiger partial charge in [-0.3, -0.25) is 0 Å². The number of nitrogens with zero attached hydrogens (tertiary/aromatic N) is 2. The summed E-state index contributed by atoms with van der Waals surface area (Å²) in [5, 5.41) is 0. The van der Waals surface area contributed by atoms with Crippen LogP contribution in [0.2, 0.25) is 0 Å². The smallest absolute Gasteiger partial charge is 0.128 e. The van der Waals surface area contributed by atoms with Gasteiger partial charge >= 0.3 is 0 Å². The Morgan fingerprint density at radius 2 is 2.25 bits per heavy atom. The summed E-state index contributed by atoms with van der Waals surface area (Å²) in [6, 6.07) is 0.580. The van der Waals surface area contributed by atoms with Gasteiger partial charge in [0, 0.05) is 29.8 Å². The van der Waals surface area contributed by atoms with E-state index >= 15 is 0 Å². The Bertz CT molecular complexity index is 555. The second kappa shape index (κ2) is 4.72. The summed E-state index contributed by atoms with van der Waals surface area (Å²) < 4.78 is 0. The minimum atomic E-state index is 0.0822. The number of aliphatic imine (C=N–C) groups is 1. The number of allylic oxidation sites excluding steroid dienone is 3. The molecule has 3 unspecified atom stereocenters. The molecule has 0 amide bonds. The predicted molar refractivity (Wildman–Crippen MR) is 79.1 cm³/mol. The molecule has 1 fully saturated rings. The number of fused-ring (bicyclic) bond motifs is 2. The van der Waals surface area contributed by atoms with Crippen molar-refractivity contribution in [2.45, 2.75) is 44.6 Å². The van der Waals surface area contributed by atoms with E-state index in [4.69, 9.17) is 0 Å². The van der Waals surface area contributed by atoms with Crippen LogP contribution in [-0.2, 0) is 4.79 Å². The van der Waals surface area contributed by atoms with E-state index in [2.05, 4.69) is 28.1 Å². The van der Waals surface area contributed by atoms with Crippen LogP contribution in [0.15, 0.2) is 40.3 Å². The van der Waals surface area contributed by atoms with Crippen molar-refractivity contribution in [2.24, 2.45) is 16.8 Å². The van der Waals surface area contributed by atoms with E-state index in [-0.39, 0.29) is 5.92 Å². The van der Waals surface area contributed by atoms with Crippen LogP contribution in [-0.4, -0.2) is 23.4 Å². The van der Waals surface area contributed by atoms with Crippen LogP contribution in [0.1, 0.15) is 38.5 Å². The second-order valence-corrected chi connectivity index (χ2v) is 6.20. The van der Waals surface area contributed by atoms with Crippen LogP contribution < -0.4 is 0 Å². The van der Waals surface area contributed by atoms with E-state index in [0.29, 0.717) is 12.0 Å². The molecule has 0 radical (unpaired) electrons. The largest absolute Gasteiger partial charge is 0.323 e. The third kappa shape index (κ3) is 1.72. The lowest BCUT2D eigenvalue weighted by molar-refractivity contribution is -0.109. The summed E-state index contributed by atoms with van der Waals surface area (Å²) in [6.07, 6.45) is 16.5. The van der Waals surface area contributed by atoms with E-state index in [9.17, 15) is 4.79 Å². The van der Waals surface area contributed by atoms with Crippen molar-refractivity contribution in [3.63, 3.8) is 0 Å². The predicted octanol–water partition coefficient (Wildman–Crippen LogP) is 3.21. The maximum absolute atomic E-state index is 11.1. The van der Waals surface area contributed by atoms with Crippen molar-refractivity contribution in [2.75, 3.05) is 0 Å². The van der Waals surface area contributed by atoms with Crippen molar-refractivity contribution in [3.05, 3.63) is 35.3 Å². The molecule has 3 atom stereocenters. The molecule has 4 rings (SSSR count). The van der Waals surface area contributed by atoms with E-state index in [1.54, 1.807) is 0 Å². The molecule has 2 aliphatic heterocycles. The van der Waals surface area contributed by atoms with Crippen LogP contribution in [0.4, 0.5) is 0 Å². The van der Waals surface area contributed by atoms with Gasteiger partial charge in [0.05, 0.1) is 0 Å². The topological polar surface area (TPSA) is 32.7 Å². The lowest BCUT2D eigenvalue weighted by Gasteiger charge is -2.29. The highest BCUT2D eigenvalue weighted by molar-refractivity contribution is 5.62. The first-order chi connectivity index (χ1) is 9.88. The number of hydrogen-bond donors (Lipinski definition) is 0. The Balaban J connectivity index is 1.73. The molecule has 2 heterocycles. The van der Waals surface area contributed by atoms with Gasteiger partial charge in [-0.25, -0.2) is 4.99 Å².